The van der Waals surface area contributed by atoms with E-state index < -0.39 is 0 Å². The Kier molecular flexibility index (Phi) is 8.61. The van der Waals surface area contributed by atoms with Gasteiger partial charge in [-0.25, -0.2) is 4.79 Å². The number of rotatable bonds is 8. The van der Waals surface area contributed by atoms with Crippen LogP contribution in [0.2, 0.25) is 10.0 Å². The first kappa shape index (κ1) is 22.1. The van der Waals surface area contributed by atoms with E-state index in [0.29, 0.717) is 29.7 Å². The Morgan fingerprint density at radius 3 is 2.32 bits per heavy atom. The Bertz CT molecular complexity index is 799. The van der Waals surface area contributed by atoms with E-state index in [1.165, 1.54) is 0 Å². The summed E-state index contributed by atoms with van der Waals surface area (Å²) >= 11 is 12.0. The molecule has 0 fully saturated rings. The lowest BCUT2D eigenvalue weighted by molar-refractivity contribution is -0.131. The smallest absolute Gasteiger partial charge is 0.317 e. The maximum atomic E-state index is 12.5. The first-order valence-electron chi connectivity index (χ1n) is 9.15. The fourth-order valence-electron chi connectivity index (χ4n) is 2.73. The third-order valence-electron chi connectivity index (χ3n) is 4.32. The summed E-state index contributed by atoms with van der Waals surface area (Å²) in [4.78, 5) is 28.0. The maximum Gasteiger partial charge on any atom is 0.317 e. The molecular weight excluding hydrogens is 397 g/mol. The van der Waals surface area contributed by atoms with Gasteiger partial charge in [0.2, 0.25) is 5.91 Å². The van der Waals surface area contributed by atoms with Gasteiger partial charge in [-0.3, -0.25) is 4.79 Å². The number of nitrogens with zero attached hydrogens (tertiary/aromatic N) is 2. The van der Waals surface area contributed by atoms with E-state index >= 15 is 0 Å². The molecule has 28 heavy (non-hydrogen) atoms. The predicted molar refractivity (Wildman–Crippen MR) is 113 cm³/mol. The monoisotopic (exact) mass is 421 g/mol. The molecule has 0 unspecified atom stereocenters. The quantitative estimate of drug-likeness (QED) is 0.678. The average Bonchev–Trinajstić information content (AvgIpc) is 2.69. The predicted octanol–water partition coefficient (Wildman–Crippen LogP) is 4.57. The number of benzene rings is 2. The Morgan fingerprint density at radius 2 is 1.68 bits per heavy atom. The summed E-state index contributed by atoms with van der Waals surface area (Å²) in [6, 6.07) is 14.9. The fraction of sp³-hybridized carbons (Fsp3) is 0.333. The molecule has 1 N–H and O–H groups in total. The first-order valence-corrected chi connectivity index (χ1v) is 9.91. The number of amides is 3. The largest absolute Gasteiger partial charge is 0.339 e. The minimum absolute atomic E-state index is 0.0282. The number of hydrogen-bond acceptors (Lipinski definition) is 2. The molecule has 0 spiro atoms. The highest BCUT2D eigenvalue weighted by Crippen LogP contribution is 2.23. The number of nitrogens with one attached hydrogen (secondary N) is 1. The van der Waals surface area contributed by atoms with E-state index in [4.69, 9.17) is 23.2 Å². The summed E-state index contributed by atoms with van der Waals surface area (Å²) in [6.07, 6.45) is 0.236. The second-order valence-corrected chi connectivity index (χ2v) is 7.29. The molecule has 2 aromatic rings. The van der Waals surface area contributed by atoms with Gasteiger partial charge in [-0.15, -0.1) is 0 Å². The molecule has 5 nitrogen and oxygen atoms in total. The molecule has 0 aliphatic carbocycles. The Labute approximate surface area is 176 Å². The van der Waals surface area contributed by atoms with Gasteiger partial charge in [0, 0.05) is 39.6 Å². The molecule has 0 aliphatic rings. The van der Waals surface area contributed by atoms with Gasteiger partial charge in [0.1, 0.15) is 0 Å². The van der Waals surface area contributed by atoms with Gasteiger partial charge in [0.05, 0.1) is 10.0 Å². The molecular formula is C21H25Cl2N3O2. The summed E-state index contributed by atoms with van der Waals surface area (Å²) < 4.78 is 0. The van der Waals surface area contributed by atoms with Gasteiger partial charge >= 0.3 is 6.03 Å². The average molecular weight is 422 g/mol. The van der Waals surface area contributed by atoms with Crippen LogP contribution in [-0.4, -0.2) is 41.9 Å². The van der Waals surface area contributed by atoms with Gasteiger partial charge < -0.3 is 15.1 Å². The van der Waals surface area contributed by atoms with Gasteiger partial charge in [-0.1, -0.05) is 59.6 Å². The number of urea groups is 1. The third kappa shape index (κ3) is 6.73. The third-order valence-corrected chi connectivity index (χ3v) is 5.06. The van der Waals surface area contributed by atoms with Crippen molar-refractivity contribution in [1.82, 2.24) is 15.1 Å². The van der Waals surface area contributed by atoms with Crippen molar-refractivity contribution in [3.05, 3.63) is 69.7 Å². The van der Waals surface area contributed by atoms with Gasteiger partial charge in [-0.05, 0) is 30.2 Å². The first-order chi connectivity index (χ1) is 13.4. The fourth-order valence-corrected chi connectivity index (χ4v) is 3.05. The van der Waals surface area contributed by atoms with E-state index in [9.17, 15) is 9.59 Å². The van der Waals surface area contributed by atoms with Crippen LogP contribution >= 0.6 is 23.2 Å². The standard InChI is InChI=1S/C21H25Cl2N3O2/c1-3-26(15-17-9-10-18(22)19(23)13-17)20(27)11-12-24-21(28)25(2)14-16-7-5-4-6-8-16/h4-10,13H,3,11-12,14-15H2,1-2H3,(H,24,28). The van der Waals surface area contributed by atoms with Crippen LogP contribution < -0.4 is 5.32 Å². The summed E-state index contributed by atoms with van der Waals surface area (Å²) in [5.41, 5.74) is 1.96. The van der Waals surface area contributed by atoms with Crippen LogP contribution in [0.15, 0.2) is 48.5 Å². The van der Waals surface area contributed by atoms with Crippen molar-refractivity contribution in [2.24, 2.45) is 0 Å². The topological polar surface area (TPSA) is 52.7 Å². The number of hydrogen-bond donors (Lipinski definition) is 1. The number of carbonyl (C=O) groups excluding carboxylic acids is 2. The summed E-state index contributed by atoms with van der Waals surface area (Å²) in [7, 11) is 1.73. The van der Waals surface area contributed by atoms with Crippen molar-refractivity contribution in [1.29, 1.82) is 0 Å². The maximum absolute atomic E-state index is 12.5. The highest BCUT2D eigenvalue weighted by atomic mass is 35.5. The highest BCUT2D eigenvalue weighted by molar-refractivity contribution is 6.42. The minimum Gasteiger partial charge on any atom is -0.339 e. The molecule has 0 radical (unpaired) electrons. The van der Waals surface area contributed by atoms with E-state index in [1.54, 1.807) is 29.0 Å². The normalized spacial score (nSPS) is 10.4. The van der Waals surface area contributed by atoms with Crippen LogP contribution in [0.3, 0.4) is 0 Å². The molecule has 150 valence electrons. The molecule has 0 aromatic heterocycles. The van der Waals surface area contributed by atoms with Crippen LogP contribution in [0.25, 0.3) is 0 Å². The van der Waals surface area contributed by atoms with Crippen molar-refractivity contribution in [2.45, 2.75) is 26.4 Å². The van der Waals surface area contributed by atoms with E-state index in [1.807, 2.05) is 43.3 Å². The van der Waals surface area contributed by atoms with E-state index in [2.05, 4.69) is 5.32 Å². The molecule has 3 amide bonds. The molecule has 0 atom stereocenters. The molecule has 0 heterocycles. The van der Waals surface area contributed by atoms with Crippen LogP contribution in [0.5, 0.6) is 0 Å². The lowest BCUT2D eigenvalue weighted by Crippen LogP contribution is -2.39. The number of carbonyl (C=O) groups is 2. The van der Waals surface area contributed by atoms with Crippen LogP contribution in [0, 0.1) is 0 Å². The zero-order chi connectivity index (χ0) is 20.5. The Hall–Kier alpha value is -2.24. The molecule has 2 aromatic carbocycles. The van der Waals surface area contributed by atoms with Crippen LogP contribution in [-0.2, 0) is 17.9 Å². The van der Waals surface area contributed by atoms with Crippen molar-refractivity contribution in [3.63, 3.8) is 0 Å². The second-order valence-electron chi connectivity index (χ2n) is 6.48. The van der Waals surface area contributed by atoms with E-state index in [-0.39, 0.29) is 24.9 Å². The van der Waals surface area contributed by atoms with Crippen molar-refractivity contribution in [2.75, 3.05) is 20.1 Å². The lowest BCUT2D eigenvalue weighted by atomic mass is 10.2. The Morgan fingerprint density at radius 1 is 0.964 bits per heavy atom. The summed E-state index contributed by atoms with van der Waals surface area (Å²) in [6.45, 7) is 3.74. The lowest BCUT2D eigenvalue weighted by Gasteiger charge is -2.22. The van der Waals surface area contributed by atoms with Crippen molar-refractivity contribution in [3.8, 4) is 0 Å². The number of halogens is 2. The second kappa shape index (κ2) is 10.9. The molecule has 2 rings (SSSR count). The SMILES string of the molecule is CCN(Cc1ccc(Cl)c(Cl)c1)C(=O)CCNC(=O)N(C)Cc1ccccc1. The zero-order valence-corrected chi connectivity index (χ0v) is 17.6. The zero-order valence-electron chi connectivity index (χ0n) is 16.1. The molecule has 0 saturated carbocycles. The van der Waals surface area contributed by atoms with E-state index in [0.717, 1.165) is 11.1 Å². The van der Waals surface area contributed by atoms with Gasteiger partial charge in [0.15, 0.2) is 0 Å². The summed E-state index contributed by atoms with van der Waals surface area (Å²) in [5, 5.41) is 3.75. The molecule has 0 bridgehead atoms. The molecule has 0 aliphatic heterocycles. The van der Waals surface area contributed by atoms with Crippen molar-refractivity contribution < 1.29 is 9.59 Å². The van der Waals surface area contributed by atoms with Crippen LogP contribution in [0.1, 0.15) is 24.5 Å². The molecule has 7 heteroatoms. The molecule has 0 saturated heterocycles. The van der Waals surface area contributed by atoms with Crippen molar-refractivity contribution >= 4 is 35.1 Å². The minimum atomic E-state index is -0.204. The highest BCUT2D eigenvalue weighted by Gasteiger charge is 2.14. The van der Waals surface area contributed by atoms with Gasteiger partial charge in [-0.2, -0.15) is 0 Å². The van der Waals surface area contributed by atoms with Gasteiger partial charge in [0.25, 0.3) is 0 Å². The van der Waals surface area contributed by atoms with Crippen LogP contribution in [0.4, 0.5) is 4.79 Å². The summed E-state index contributed by atoms with van der Waals surface area (Å²) in [5.74, 6) is -0.0282. The Balaban J connectivity index is 1.79.